The highest BCUT2D eigenvalue weighted by atomic mass is 127. The van der Waals surface area contributed by atoms with Gasteiger partial charge in [-0.15, -0.1) is 24.0 Å². The summed E-state index contributed by atoms with van der Waals surface area (Å²) in [5.41, 5.74) is 4.40. The molecule has 27 heavy (non-hydrogen) atoms. The maximum Gasteiger partial charge on any atom is 0.226 e. The van der Waals surface area contributed by atoms with E-state index >= 15 is 0 Å². The first kappa shape index (κ1) is 23.0. The molecule has 0 fully saturated rings. The third-order valence-corrected chi connectivity index (χ3v) is 4.01. The van der Waals surface area contributed by atoms with Crippen LogP contribution in [0, 0.1) is 12.8 Å². The van der Waals surface area contributed by atoms with Crippen LogP contribution in [0.4, 0.5) is 5.69 Å². The zero-order chi connectivity index (χ0) is 18.9. The van der Waals surface area contributed by atoms with Gasteiger partial charge >= 0.3 is 0 Å². The monoisotopic (exact) mass is 480 g/mol. The van der Waals surface area contributed by atoms with Crippen molar-refractivity contribution in [3.05, 3.63) is 65.2 Å². The number of guanidine groups is 1. The molecule has 0 unspecified atom stereocenters. The number of carbonyl (C=O) groups is 1. The SMILES string of the molecule is CN=C(NCc1ccc(C)cc1)NCc1ccc(NC(=O)C(C)C)cc1.I. The van der Waals surface area contributed by atoms with E-state index < -0.39 is 0 Å². The van der Waals surface area contributed by atoms with Crippen molar-refractivity contribution >= 4 is 41.5 Å². The van der Waals surface area contributed by atoms with E-state index in [0.29, 0.717) is 6.54 Å². The van der Waals surface area contributed by atoms with Gasteiger partial charge in [-0.25, -0.2) is 0 Å². The fraction of sp³-hybridized carbons (Fsp3) is 0.333. The third kappa shape index (κ3) is 7.99. The Hall–Kier alpha value is -2.09. The Balaban J connectivity index is 0.00000364. The van der Waals surface area contributed by atoms with Gasteiger partial charge in [-0.2, -0.15) is 0 Å². The molecule has 0 spiro atoms. The van der Waals surface area contributed by atoms with Crippen molar-refractivity contribution in [2.45, 2.75) is 33.9 Å². The first-order valence-corrected chi connectivity index (χ1v) is 8.88. The van der Waals surface area contributed by atoms with Gasteiger partial charge in [-0.3, -0.25) is 9.79 Å². The van der Waals surface area contributed by atoms with E-state index in [-0.39, 0.29) is 35.8 Å². The highest BCUT2D eigenvalue weighted by molar-refractivity contribution is 14.0. The van der Waals surface area contributed by atoms with Crippen molar-refractivity contribution in [2.24, 2.45) is 10.9 Å². The summed E-state index contributed by atoms with van der Waals surface area (Å²) < 4.78 is 0. The summed E-state index contributed by atoms with van der Waals surface area (Å²) in [6.07, 6.45) is 0. The van der Waals surface area contributed by atoms with Crippen LogP contribution in [0.3, 0.4) is 0 Å². The van der Waals surface area contributed by atoms with Crippen LogP contribution in [0.1, 0.15) is 30.5 Å². The van der Waals surface area contributed by atoms with E-state index in [1.165, 1.54) is 11.1 Å². The maximum atomic E-state index is 11.7. The Morgan fingerprint density at radius 3 is 1.85 bits per heavy atom. The average molecular weight is 480 g/mol. The molecule has 2 aromatic carbocycles. The molecule has 1 amide bonds. The molecule has 0 radical (unpaired) electrons. The van der Waals surface area contributed by atoms with Gasteiger partial charge in [0.1, 0.15) is 0 Å². The molecule has 0 aromatic heterocycles. The molecule has 5 nitrogen and oxygen atoms in total. The number of benzene rings is 2. The van der Waals surface area contributed by atoms with Gasteiger partial charge in [0.15, 0.2) is 5.96 Å². The molecular formula is C21H29IN4O. The summed E-state index contributed by atoms with van der Waals surface area (Å²) in [4.78, 5) is 16.0. The summed E-state index contributed by atoms with van der Waals surface area (Å²) in [6, 6.07) is 16.3. The molecule has 6 heteroatoms. The second-order valence-corrected chi connectivity index (χ2v) is 6.61. The Bertz CT molecular complexity index is 740. The van der Waals surface area contributed by atoms with Crippen LogP contribution in [-0.4, -0.2) is 18.9 Å². The number of amides is 1. The molecule has 0 saturated carbocycles. The topological polar surface area (TPSA) is 65.5 Å². The first-order valence-electron chi connectivity index (χ1n) is 8.88. The Kier molecular flexibility index (Phi) is 9.85. The second kappa shape index (κ2) is 11.6. The molecule has 0 aliphatic carbocycles. The van der Waals surface area contributed by atoms with Gasteiger partial charge in [0.05, 0.1) is 0 Å². The molecule has 0 saturated heterocycles. The largest absolute Gasteiger partial charge is 0.352 e. The molecule has 2 rings (SSSR count). The minimum absolute atomic E-state index is 0. The zero-order valence-corrected chi connectivity index (χ0v) is 18.7. The van der Waals surface area contributed by atoms with Crippen LogP contribution in [0.15, 0.2) is 53.5 Å². The minimum atomic E-state index is -0.0285. The predicted octanol–water partition coefficient (Wildman–Crippen LogP) is 4.07. The van der Waals surface area contributed by atoms with Crippen LogP contribution in [-0.2, 0) is 17.9 Å². The highest BCUT2D eigenvalue weighted by Crippen LogP contribution is 2.11. The normalized spacial score (nSPS) is 10.9. The lowest BCUT2D eigenvalue weighted by atomic mass is 10.1. The fourth-order valence-corrected chi connectivity index (χ4v) is 2.29. The number of rotatable bonds is 6. The summed E-state index contributed by atoms with van der Waals surface area (Å²) in [5.74, 6) is 0.749. The van der Waals surface area contributed by atoms with Crippen molar-refractivity contribution in [1.29, 1.82) is 0 Å². The number of hydrogen-bond donors (Lipinski definition) is 3. The first-order chi connectivity index (χ1) is 12.5. The highest BCUT2D eigenvalue weighted by Gasteiger charge is 2.06. The molecule has 0 aliphatic heterocycles. The Labute approximate surface area is 179 Å². The van der Waals surface area contributed by atoms with Crippen molar-refractivity contribution in [1.82, 2.24) is 10.6 Å². The number of aliphatic imine (C=N–C) groups is 1. The number of anilines is 1. The number of hydrogen-bond acceptors (Lipinski definition) is 2. The fourth-order valence-electron chi connectivity index (χ4n) is 2.29. The van der Waals surface area contributed by atoms with Gasteiger partial charge in [0, 0.05) is 31.7 Å². The zero-order valence-electron chi connectivity index (χ0n) is 16.4. The second-order valence-electron chi connectivity index (χ2n) is 6.61. The molecule has 146 valence electrons. The van der Waals surface area contributed by atoms with E-state index in [1.807, 2.05) is 38.1 Å². The Morgan fingerprint density at radius 2 is 1.41 bits per heavy atom. The van der Waals surface area contributed by atoms with Crippen molar-refractivity contribution in [2.75, 3.05) is 12.4 Å². The standard InChI is InChI=1S/C21H28N4O.HI/c1-15(2)20(26)25-19-11-9-18(10-12-19)14-24-21(22-4)23-13-17-7-5-16(3)6-8-17;/h5-12,15H,13-14H2,1-4H3,(H,25,26)(H2,22,23,24);1H. The van der Waals surface area contributed by atoms with Crippen molar-refractivity contribution in [3.63, 3.8) is 0 Å². The van der Waals surface area contributed by atoms with Gasteiger partial charge in [0.25, 0.3) is 0 Å². The van der Waals surface area contributed by atoms with Gasteiger partial charge in [0.2, 0.25) is 5.91 Å². The smallest absolute Gasteiger partial charge is 0.226 e. The lowest BCUT2D eigenvalue weighted by Gasteiger charge is -2.13. The quantitative estimate of drug-likeness (QED) is 0.332. The van der Waals surface area contributed by atoms with Crippen molar-refractivity contribution < 1.29 is 4.79 Å². The van der Waals surface area contributed by atoms with Gasteiger partial charge < -0.3 is 16.0 Å². The summed E-state index contributed by atoms with van der Waals surface area (Å²) in [5, 5.41) is 9.50. The van der Waals surface area contributed by atoms with Crippen LogP contribution >= 0.6 is 24.0 Å². The lowest BCUT2D eigenvalue weighted by molar-refractivity contribution is -0.118. The maximum absolute atomic E-state index is 11.7. The van der Waals surface area contributed by atoms with E-state index in [1.54, 1.807) is 7.05 Å². The van der Waals surface area contributed by atoms with E-state index in [4.69, 9.17) is 0 Å². The number of aryl methyl sites for hydroxylation is 1. The van der Waals surface area contributed by atoms with Crippen LogP contribution in [0.5, 0.6) is 0 Å². The number of halogens is 1. The van der Waals surface area contributed by atoms with Crippen LogP contribution < -0.4 is 16.0 Å². The van der Waals surface area contributed by atoms with E-state index in [9.17, 15) is 4.79 Å². The van der Waals surface area contributed by atoms with E-state index in [2.05, 4.69) is 52.1 Å². The minimum Gasteiger partial charge on any atom is -0.352 e. The third-order valence-electron chi connectivity index (χ3n) is 4.01. The molecular weight excluding hydrogens is 451 g/mol. The van der Waals surface area contributed by atoms with Gasteiger partial charge in [-0.1, -0.05) is 55.8 Å². The van der Waals surface area contributed by atoms with E-state index in [0.717, 1.165) is 23.8 Å². The molecule has 2 aromatic rings. The predicted molar refractivity (Wildman–Crippen MR) is 124 cm³/mol. The molecule has 0 atom stereocenters. The Morgan fingerprint density at radius 1 is 0.926 bits per heavy atom. The molecule has 0 heterocycles. The molecule has 0 bridgehead atoms. The van der Waals surface area contributed by atoms with Crippen LogP contribution in [0.25, 0.3) is 0 Å². The molecule has 3 N–H and O–H groups in total. The molecule has 0 aliphatic rings. The van der Waals surface area contributed by atoms with Crippen LogP contribution in [0.2, 0.25) is 0 Å². The lowest BCUT2D eigenvalue weighted by Crippen LogP contribution is -2.36. The van der Waals surface area contributed by atoms with Gasteiger partial charge in [-0.05, 0) is 30.2 Å². The summed E-state index contributed by atoms with van der Waals surface area (Å²) in [6.45, 7) is 7.22. The number of carbonyl (C=O) groups excluding carboxylic acids is 1. The number of nitrogens with zero attached hydrogens (tertiary/aromatic N) is 1. The van der Waals surface area contributed by atoms with Crippen molar-refractivity contribution in [3.8, 4) is 0 Å². The summed E-state index contributed by atoms with van der Waals surface area (Å²) in [7, 11) is 1.76. The average Bonchev–Trinajstić information content (AvgIpc) is 2.64. The number of nitrogens with one attached hydrogen (secondary N) is 3. The summed E-state index contributed by atoms with van der Waals surface area (Å²) >= 11 is 0.